The van der Waals surface area contributed by atoms with Gasteiger partial charge in [0.25, 0.3) is 15.9 Å². The van der Waals surface area contributed by atoms with Crippen molar-refractivity contribution >= 4 is 48.3 Å². The zero-order valence-electron chi connectivity index (χ0n) is 20.2. The first-order valence-corrected chi connectivity index (χ1v) is 14.3. The number of amides is 1. The van der Waals surface area contributed by atoms with Gasteiger partial charge in [-0.3, -0.25) is 14.4 Å². The van der Waals surface area contributed by atoms with Crippen molar-refractivity contribution in [2.24, 2.45) is 0 Å². The molecule has 38 heavy (non-hydrogen) atoms. The number of para-hydroxylation sites is 2. The number of sulfonamides is 1. The van der Waals surface area contributed by atoms with Crippen LogP contribution in [0.2, 0.25) is 0 Å². The Morgan fingerprint density at radius 2 is 1.68 bits per heavy atom. The van der Waals surface area contributed by atoms with E-state index in [-0.39, 0.29) is 22.0 Å². The lowest BCUT2D eigenvalue weighted by atomic mass is 10.1. The molecule has 1 amide bonds. The van der Waals surface area contributed by atoms with Gasteiger partial charge in [-0.1, -0.05) is 29.5 Å². The monoisotopic (exact) mass is 557 g/mol. The predicted molar refractivity (Wildman–Crippen MR) is 144 cm³/mol. The summed E-state index contributed by atoms with van der Waals surface area (Å²) in [6.45, 7) is 4.01. The van der Waals surface area contributed by atoms with Crippen molar-refractivity contribution < 1.29 is 22.0 Å². The molecule has 12 heteroatoms. The largest absolute Gasteiger partial charge is 0.351 e. The van der Waals surface area contributed by atoms with Gasteiger partial charge in [-0.05, 0) is 48.5 Å². The van der Waals surface area contributed by atoms with Crippen LogP contribution in [0, 0.1) is 11.6 Å². The summed E-state index contributed by atoms with van der Waals surface area (Å²) in [6.07, 6.45) is 0. The zero-order valence-corrected chi connectivity index (χ0v) is 21.9. The summed E-state index contributed by atoms with van der Waals surface area (Å²) in [7, 11) is -4.00. The van der Waals surface area contributed by atoms with Crippen LogP contribution >= 0.6 is 11.3 Å². The Hall–Kier alpha value is -3.61. The van der Waals surface area contributed by atoms with Crippen LogP contribution in [-0.2, 0) is 10.0 Å². The third-order valence-electron chi connectivity index (χ3n) is 6.25. The van der Waals surface area contributed by atoms with Crippen LogP contribution in [-0.4, -0.2) is 63.5 Å². The predicted octanol–water partition coefficient (Wildman–Crippen LogP) is 3.93. The number of carbonyl (C=O) groups excluding carboxylic acids is 1. The highest BCUT2D eigenvalue weighted by Gasteiger charge is 2.22. The van der Waals surface area contributed by atoms with Crippen LogP contribution in [0.5, 0.6) is 0 Å². The minimum absolute atomic E-state index is 0.107. The van der Waals surface area contributed by atoms with Crippen LogP contribution < -0.4 is 14.9 Å². The lowest BCUT2D eigenvalue weighted by molar-refractivity contribution is 0.0948. The van der Waals surface area contributed by atoms with Crippen molar-refractivity contribution in [2.45, 2.75) is 4.90 Å². The number of hydrogen-bond donors (Lipinski definition) is 2. The summed E-state index contributed by atoms with van der Waals surface area (Å²) < 4.78 is 55.8. The van der Waals surface area contributed by atoms with Crippen molar-refractivity contribution in [2.75, 3.05) is 48.9 Å². The fraction of sp³-hybridized carbons (Fsp3) is 0.231. The summed E-state index contributed by atoms with van der Waals surface area (Å²) in [6, 6.07) is 15.7. The number of hydrogen-bond acceptors (Lipinski definition) is 7. The van der Waals surface area contributed by atoms with Gasteiger partial charge in [0.2, 0.25) is 0 Å². The van der Waals surface area contributed by atoms with Crippen molar-refractivity contribution in [3.8, 4) is 0 Å². The molecule has 0 radical (unpaired) electrons. The third-order valence-corrected chi connectivity index (χ3v) is 8.72. The number of piperazine rings is 1. The molecule has 0 bridgehead atoms. The third kappa shape index (κ3) is 5.77. The van der Waals surface area contributed by atoms with Gasteiger partial charge in [-0.2, -0.15) is 0 Å². The Bertz CT molecular complexity index is 1550. The van der Waals surface area contributed by atoms with Crippen LogP contribution in [0.3, 0.4) is 0 Å². The van der Waals surface area contributed by atoms with Gasteiger partial charge in [0.15, 0.2) is 5.13 Å². The van der Waals surface area contributed by atoms with Gasteiger partial charge >= 0.3 is 0 Å². The number of halogens is 2. The number of thiazole rings is 1. The lowest BCUT2D eigenvalue weighted by Crippen LogP contribution is -2.48. The highest BCUT2D eigenvalue weighted by Crippen LogP contribution is 2.30. The van der Waals surface area contributed by atoms with Crippen molar-refractivity contribution in [3.63, 3.8) is 0 Å². The fourth-order valence-electron chi connectivity index (χ4n) is 4.21. The number of aromatic nitrogens is 1. The molecule has 0 saturated carbocycles. The smallest absolute Gasteiger partial charge is 0.261 e. The highest BCUT2D eigenvalue weighted by atomic mass is 32.2. The lowest BCUT2D eigenvalue weighted by Gasteiger charge is -2.34. The van der Waals surface area contributed by atoms with E-state index >= 15 is 0 Å². The van der Waals surface area contributed by atoms with Gasteiger partial charge in [0.05, 0.1) is 20.8 Å². The summed E-state index contributed by atoms with van der Waals surface area (Å²) in [5.74, 6) is -1.26. The quantitative estimate of drug-likeness (QED) is 0.341. The first kappa shape index (κ1) is 26.0. The maximum absolute atomic E-state index is 14.0. The average Bonchev–Trinajstić information content (AvgIpc) is 3.35. The van der Waals surface area contributed by atoms with E-state index in [1.54, 1.807) is 18.2 Å². The molecule has 8 nitrogen and oxygen atoms in total. The molecule has 1 aliphatic rings. The van der Waals surface area contributed by atoms with E-state index in [1.807, 2.05) is 6.07 Å². The molecule has 5 rings (SSSR count). The van der Waals surface area contributed by atoms with Crippen molar-refractivity contribution in [1.29, 1.82) is 0 Å². The van der Waals surface area contributed by atoms with E-state index in [9.17, 15) is 22.0 Å². The number of benzene rings is 3. The Kier molecular flexibility index (Phi) is 7.54. The normalized spacial score (nSPS) is 14.5. The van der Waals surface area contributed by atoms with Gasteiger partial charge in [-0.15, -0.1) is 0 Å². The van der Waals surface area contributed by atoms with Crippen LogP contribution in [0.15, 0.2) is 71.6 Å². The van der Waals surface area contributed by atoms with E-state index in [1.165, 1.54) is 29.5 Å². The van der Waals surface area contributed by atoms with E-state index in [0.717, 1.165) is 60.3 Å². The topological polar surface area (TPSA) is 94.6 Å². The second-order valence-corrected chi connectivity index (χ2v) is 11.5. The van der Waals surface area contributed by atoms with Gasteiger partial charge < -0.3 is 10.2 Å². The number of anilines is 2. The summed E-state index contributed by atoms with van der Waals surface area (Å²) in [4.78, 5) is 21.6. The Morgan fingerprint density at radius 1 is 0.947 bits per heavy atom. The van der Waals surface area contributed by atoms with Gasteiger partial charge in [0.1, 0.15) is 17.2 Å². The molecule has 3 aromatic carbocycles. The number of rotatable bonds is 8. The Labute approximate surface area is 223 Å². The molecule has 1 saturated heterocycles. The van der Waals surface area contributed by atoms with Gasteiger partial charge in [0, 0.05) is 39.3 Å². The molecule has 2 heterocycles. The summed E-state index contributed by atoms with van der Waals surface area (Å²) in [5.41, 5.74) is 0.721. The first-order valence-electron chi connectivity index (χ1n) is 12.0. The second-order valence-electron chi connectivity index (χ2n) is 8.77. The molecule has 0 spiro atoms. The Morgan fingerprint density at radius 3 is 2.42 bits per heavy atom. The molecule has 198 valence electrons. The Balaban J connectivity index is 1.14. The second kappa shape index (κ2) is 11.0. The molecule has 4 aromatic rings. The SMILES string of the molecule is O=C(NCCN1CCN(c2nc3c(F)cccc3s2)CC1)c1ccccc1NS(=O)(=O)c1ccc(F)cc1. The van der Waals surface area contributed by atoms with Crippen molar-refractivity contribution in [1.82, 2.24) is 15.2 Å². The number of nitrogens with zero attached hydrogens (tertiary/aromatic N) is 3. The molecular weight excluding hydrogens is 532 g/mol. The standard InChI is InChI=1S/C26H25F2N5O3S2/c27-18-8-10-19(11-9-18)38(35,36)31-22-6-2-1-4-20(22)25(34)29-12-13-32-14-16-33(17-15-32)26-30-24-21(28)5-3-7-23(24)37-26/h1-11,31H,12-17H2,(H,29,34). The first-order chi connectivity index (χ1) is 18.3. The maximum atomic E-state index is 14.0. The number of nitrogens with one attached hydrogen (secondary N) is 2. The van der Waals surface area contributed by atoms with Crippen LogP contribution in [0.25, 0.3) is 10.2 Å². The van der Waals surface area contributed by atoms with E-state index in [2.05, 4.69) is 24.8 Å². The number of fused-ring (bicyclic) bond motifs is 1. The molecule has 2 N–H and O–H groups in total. The zero-order chi connectivity index (χ0) is 26.7. The molecule has 1 fully saturated rings. The van der Waals surface area contributed by atoms with E-state index < -0.39 is 21.7 Å². The maximum Gasteiger partial charge on any atom is 0.261 e. The molecule has 0 unspecified atom stereocenters. The average molecular weight is 558 g/mol. The van der Waals surface area contributed by atoms with E-state index in [0.29, 0.717) is 18.6 Å². The fourth-order valence-corrected chi connectivity index (χ4v) is 6.32. The molecule has 0 aliphatic carbocycles. The minimum atomic E-state index is -4.00. The van der Waals surface area contributed by atoms with Crippen molar-refractivity contribution in [3.05, 3.63) is 83.9 Å². The summed E-state index contributed by atoms with van der Waals surface area (Å²) in [5, 5.41) is 3.66. The number of carbonyl (C=O) groups is 1. The van der Waals surface area contributed by atoms with Gasteiger partial charge in [-0.25, -0.2) is 22.2 Å². The summed E-state index contributed by atoms with van der Waals surface area (Å²) >= 11 is 1.48. The molecule has 0 atom stereocenters. The molecule has 1 aromatic heterocycles. The van der Waals surface area contributed by atoms with E-state index in [4.69, 9.17) is 0 Å². The van der Waals surface area contributed by atoms with Crippen LogP contribution in [0.4, 0.5) is 19.6 Å². The van der Waals surface area contributed by atoms with Crippen LogP contribution in [0.1, 0.15) is 10.4 Å². The minimum Gasteiger partial charge on any atom is -0.351 e. The highest BCUT2D eigenvalue weighted by molar-refractivity contribution is 7.92. The molecule has 1 aliphatic heterocycles. The molecular formula is C26H25F2N5O3S2.